The van der Waals surface area contributed by atoms with Crippen LogP contribution in [0.3, 0.4) is 0 Å². The first-order valence-corrected chi connectivity index (χ1v) is 11.3. The standard InChI is InChI=1S/C26H26FN5O/c1-25(2)22-9-6-17(12-21(22)24(33)31(25)3)23-20(8-7-19(13-28)30-23)18-14-29-32(15-18)16-26(27)10-4-5-11-26/h6-9,12,14-15H,4-5,10-11,16H2,1-3H3. The molecule has 2 aliphatic rings. The van der Waals surface area contributed by atoms with Crippen LogP contribution < -0.4 is 0 Å². The molecule has 0 saturated heterocycles. The molecule has 0 unspecified atom stereocenters. The largest absolute Gasteiger partial charge is 0.332 e. The van der Waals surface area contributed by atoms with Gasteiger partial charge in [-0.25, -0.2) is 9.37 Å². The van der Waals surface area contributed by atoms with Gasteiger partial charge in [-0.3, -0.25) is 9.48 Å². The van der Waals surface area contributed by atoms with Gasteiger partial charge >= 0.3 is 0 Å². The molecule has 1 aromatic carbocycles. The Hall–Kier alpha value is -3.53. The molecule has 1 saturated carbocycles. The van der Waals surface area contributed by atoms with Gasteiger partial charge in [-0.15, -0.1) is 0 Å². The van der Waals surface area contributed by atoms with Crippen molar-refractivity contribution in [3.8, 4) is 28.5 Å². The summed E-state index contributed by atoms with van der Waals surface area (Å²) in [4.78, 5) is 19.2. The van der Waals surface area contributed by atoms with Crippen molar-refractivity contribution in [2.75, 3.05) is 7.05 Å². The number of halogens is 1. The van der Waals surface area contributed by atoms with Gasteiger partial charge in [0.05, 0.1) is 24.0 Å². The van der Waals surface area contributed by atoms with Crippen LogP contribution in [-0.2, 0) is 12.1 Å². The molecule has 7 heteroatoms. The molecule has 33 heavy (non-hydrogen) atoms. The van der Waals surface area contributed by atoms with Gasteiger partial charge < -0.3 is 4.90 Å². The molecule has 3 aromatic rings. The number of alkyl halides is 1. The third-order valence-electron chi connectivity index (χ3n) is 7.22. The number of pyridine rings is 1. The number of nitriles is 1. The topological polar surface area (TPSA) is 74.8 Å². The zero-order valence-corrected chi connectivity index (χ0v) is 19.1. The van der Waals surface area contributed by atoms with E-state index in [-0.39, 0.29) is 18.0 Å². The van der Waals surface area contributed by atoms with Gasteiger partial charge in [-0.1, -0.05) is 25.0 Å². The normalized spacial score (nSPS) is 18.4. The summed E-state index contributed by atoms with van der Waals surface area (Å²) < 4.78 is 16.6. The minimum absolute atomic E-state index is 0.0348. The van der Waals surface area contributed by atoms with Crippen molar-refractivity contribution in [2.45, 2.75) is 57.3 Å². The number of hydrogen-bond donors (Lipinski definition) is 0. The Morgan fingerprint density at radius 1 is 1.12 bits per heavy atom. The summed E-state index contributed by atoms with van der Waals surface area (Å²) in [7, 11) is 1.80. The van der Waals surface area contributed by atoms with E-state index in [1.165, 1.54) is 0 Å². The maximum atomic E-state index is 15.0. The molecule has 1 fully saturated rings. The number of rotatable bonds is 4. The lowest BCUT2D eigenvalue weighted by Crippen LogP contribution is -2.35. The maximum absolute atomic E-state index is 15.0. The maximum Gasteiger partial charge on any atom is 0.254 e. The lowest BCUT2D eigenvalue weighted by atomic mass is 9.91. The van der Waals surface area contributed by atoms with Crippen molar-refractivity contribution in [1.82, 2.24) is 19.7 Å². The molecule has 3 heterocycles. The van der Waals surface area contributed by atoms with Gasteiger partial charge in [0.2, 0.25) is 0 Å². The Bertz CT molecular complexity index is 1300. The molecule has 0 N–H and O–H groups in total. The zero-order valence-electron chi connectivity index (χ0n) is 19.1. The summed E-state index contributed by atoms with van der Waals surface area (Å²) in [5.74, 6) is -0.0348. The summed E-state index contributed by atoms with van der Waals surface area (Å²) in [5, 5.41) is 13.8. The van der Waals surface area contributed by atoms with Crippen molar-refractivity contribution < 1.29 is 9.18 Å². The average molecular weight is 444 g/mol. The van der Waals surface area contributed by atoms with E-state index in [0.717, 1.165) is 35.1 Å². The van der Waals surface area contributed by atoms with Gasteiger partial charge in [0.15, 0.2) is 0 Å². The lowest BCUT2D eigenvalue weighted by Gasteiger charge is -2.28. The summed E-state index contributed by atoms with van der Waals surface area (Å²) in [6.45, 7) is 4.28. The molecule has 6 nitrogen and oxygen atoms in total. The SMILES string of the molecule is CN1C(=O)c2cc(-c3nc(C#N)ccc3-c3cnn(CC4(F)CCCC4)c3)ccc2C1(C)C. The van der Waals surface area contributed by atoms with Crippen molar-refractivity contribution in [3.63, 3.8) is 0 Å². The predicted molar refractivity (Wildman–Crippen MR) is 123 cm³/mol. The van der Waals surface area contributed by atoms with Gasteiger partial charge in [0, 0.05) is 35.5 Å². The average Bonchev–Trinajstić information content (AvgIpc) is 3.49. The Labute approximate surface area is 192 Å². The van der Waals surface area contributed by atoms with Crippen molar-refractivity contribution in [3.05, 3.63) is 59.5 Å². The van der Waals surface area contributed by atoms with E-state index >= 15 is 0 Å². The molecule has 0 atom stereocenters. The fraction of sp³-hybridized carbons (Fsp3) is 0.385. The van der Waals surface area contributed by atoms with Crippen LogP contribution in [0.25, 0.3) is 22.4 Å². The van der Waals surface area contributed by atoms with Crippen LogP contribution in [0.2, 0.25) is 0 Å². The fourth-order valence-electron chi connectivity index (χ4n) is 5.04. The molecule has 0 radical (unpaired) electrons. The van der Waals surface area contributed by atoms with Gasteiger partial charge in [0.25, 0.3) is 5.91 Å². The number of nitrogens with zero attached hydrogens (tertiary/aromatic N) is 5. The Morgan fingerprint density at radius 2 is 1.88 bits per heavy atom. The highest BCUT2D eigenvalue weighted by atomic mass is 19.1. The number of benzene rings is 1. The first kappa shape index (κ1) is 21.3. The van der Waals surface area contributed by atoms with Crippen LogP contribution in [0, 0.1) is 11.3 Å². The van der Waals surface area contributed by atoms with Crippen LogP contribution in [0.1, 0.15) is 61.1 Å². The highest BCUT2D eigenvalue weighted by Gasteiger charge is 2.40. The molecule has 1 amide bonds. The van der Waals surface area contributed by atoms with Crippen molar-refractivity contribution in [1.29, 1.82) is 5.26 Å². The monoisotopic (exact) mass is 443 g/mol. The number of fused-ring (bicyclic) bond motifs is 1. The second kappa shape index (κ2) is 7.51. The smallest absolute Gasteiger partial charge is 0.254 e. The summed E-state index contributed by atoms with van der Waals surface area (Å²) in [6.07, 6.45) is 6.51. The molecular weight excluding hydrogens is 417 g/mol. The first-order valence-electron chi connectivity index (χ1n) is 11.3. The Balaban J connectivity index is 1.57. The third-order valence-corrected chi connectivity index (χ3v) is 7.22. The Kier molecular flexibility index (Phi) is 4.86. The summed E-state index contributed by atoms with van der Waals surface area (Å²) >= 11 is 0. The summed E-state index contributed by atoms with van der Waals surface area (Å²) in [5.41, 5.74) is 3.26. The van der Waals surface area contributed by atoms with Gasteiger partial charge in [-0.05, 0) is 50.5 Å². The van der Waals surface area contributed by atoms with Crippen LogP contribution in [-0.4, -0.2) is 38.3 Å². The van der Waals surface area contributed by atoms with E-state index in [9.17, 15) is 14.4 Å². The van der Waals surface area contributed by atoms with Crippen molar-refractivity contribution >= 4 is 5.91 Å². The van der Waals surface area contributed by atoms with Crippen LogP contribution in [0.15, 0.2) is 42.7 Å². The molecule has 0 bridgehead atoms. The summed E-state index contributed by atoms with van der Waals surface area (Å²) in [6, 6.07) is 11.4. The fourth-order valence-corrected chi connectivity index (χ4v) is 5.04. The van der Waals surface area contributed by atoms with E-state index in [1.807, 2.05) is 44.3 Å². The lowest BCUT2D eigenvalue weighted by molar-refractivity contribution is 0.0691. The zero-order chi connectivity index (χ0) is 23.4. The van der Waals surface area contributed by atoms with E-state index in [0.29, 0.717) is 29.8 Å². The van der Waals surface area contributed by atoms with Crippen molar-refractivity contribution in [2.24, 2.45) is 0 Å². The molecule has 1 aliphatic heterocycles. The minimum Gasteiger partial charge on any atom is -0.332 e. The third kappa shape index (κ3) is 3.50. The molecule has 5 rings (SSSR count). The number of carbonyl (C=O) groups excluding carboxylic acids is 1. The van der Waals surface area contributed by atoms with E-state index in [4.69, 9.17) is 0 Å². The van der Waals surface area contributed by atoms with Gasteiger partial charge in [0.1, 0.15) is 17.4 Å². The van der Waals surface area contributed by atoms with Crippen LogP contribution in [0.5, 0.6) is 0 Å². The quantitative estimate of drug-likeness (QED) is 0.563. The second-order valence-corrected chi connectivity index (χ2v) is 9.67. The Morgan fingerprint density at radius 3 is 2.61 bits per heavy atom. The van der Waals surface area contributed by atoms with Crippen LogP contribution in [0.4, 0.5) is 4.39 Å². The predicted octanol–water partition coefficient (Wildman–Crippen LogP) is 5.09. The van der Waals surface area contributed by atoms with Gasteiger partial charge in [-0.2, -0.15) is 10.4 Å². The van der Waals surface area contributed by atoms with Crippen LogP contribution >= 0.6 is 0 Å². The number of aromatic nitrogens is 3. The molecule has 0 spiro atoms. The molecular formula is C26H26FN5O. The van der Waals surface area contributed by atoms with E-state index in [2.05, 4.69) is 16.2 Å². The first-order chi connectivity index (χ1) is 15.7. The molecule has 168 valence electrons. The number of hydrogen-bond acceptors (Lipinski definition) is 4. The second-order valence-electron chi connectivity index (χ2n) is 9.67. The number of amides is 1. The van der Waals surface area contributed by atoms with E-state index in [1.54, 1.807) is 28.9 Å². The highest BCUT2D eigenvalue weighted by Crippen LogP contribution is 2.40. The number of carbonyl (C=O) groups is 1. The van der Waals surface area contributed by atoms with E-state index < -0.39 is 5.67 Å². The highest BCUT2D eigenvalue weighted by molar-refractivity contribution is 6.01. The minimum atomic E-state index is -1.20. The molecule has 2 aromatic heterocycles. The molecule has 1 aliphatic carbocycles.